The fourth-order valence-electron chi connectivity index (χ4n) is 2.42. The number of aliphatic carboxylic acids is 1. The SMILES string of the molecule is CCCCC(CC)CCC(=O)C[C@@H](CCC(N)=O)C(=O)O. The summed E-state index contributed by atoms with van der Waals surface area (Å²) < 4.78 is 0. The molecule has 0 aliphatic rings. The van der Waals surface area contributed by atoms with Crippen molar-refractivity contribution >= 4 is 17.7 Å². The number of ketones is 1. The molecule has 0 aromatic carbocycles. The predicted molar refractivity (Wildman–Crippen MR) is 81.7 cm³/mol. The van der Waals surface area contributed by atoms with Crippen molar-refractivity contribution in [3.05, 3.63) is 0 Å². The molecule has 0 aromatic heterocycles. The van der Waals surface area contributed by atoms with Gasteiger partial charge in [-0.05, 0) is 18.8 Å². The van der Waals surface area contributed by atoms with Crippen molar-refractivity contribution in [1.82, 2.24) is 0 Å². The van der Waals surface area contributed by atoms with Crippen LogP contribution >= 0.6 is 0 Å². The highest BCUT2D eigenvalue weighted by Crippen LogP contribution is 2.20. The molecular formula is C16H29NO4. The van der Waals surface area contributed by atoms with Crippen LogP contribution in [0.1, 0.15) is 71.6 Å². The first-order chi connectivity index (χ1) is 9.90. The van der Waals surface area contributed by atoms with Gasteiger partial charge in [0.25, 0.3) is 0 Å². The molecule has 5 heteroatoms. The normalized spacial score (nSPS) is 13.6. The van der Waals surface area contributed by atoms with Gasteiger partial charge >= 0.3 is 5.97 Å². The molecule has 1 amide bonds. The third-order valence-electron chi connectivity index (χ3n) is 3.94. The van der Waals surface area contributed by atoms with Gasteiger partial charge in [-0.2, -0.15) is 0 Å². The smallest absolute Gasteiger partial charge is 0.306 e. The maximum Gasteiger partial charge on any atom is 0.306 e. The van der Waals surface area contributed by atoms with Gasteiger partial charge in [0.15, 0.2) is 0 Å². The molecule has 0 aliphatic heterocycles. The zero-order valence-corrected chi connectivity index (χ0v) is 13.3. The standard InChI is InChI=1S/C16H29NO4/c1-3-5-6-12(4-2)7-9-14(18)11-13(16(20)21)8-10-15(17)19/h12-13H,3-11H2,1-2H3,(H2,17,19)(H,20,21)/t12?,13-/m1/s1. The van der Waals surface area contributed by atoms with Crippen molar-refractivity contribution < 1.29 is 19.5 Å². The Labute approximate surface area is 127 Å². The minimum Gasteiger partial charge on any atom is -0.481 e. The van der Waals surface area contributed by atoms with Crippen LogP contribution in [0.15, 0.2) is 0 Å². The Kier molecular flexibility index (Phi) is 10.5. The van der Waals surface area contributed by atoms with Gasteiger partial charge in [0.05, 0.1) is 5.92 Å². The zero-order chi connectivity index (χ0) is 16.3. The summed E-state index contributed by atoms with van der Waals surface area (Å²) in [6.07, 6.45) is 5.93. The van der Waals surface area contributed by atoms with Crippen LogP contribution in [0.5, 0.6) is 0 Å². The number of carbonyl (C=O) groups is 3. The van der Waals surface area contributed by atoms with Crippen LogP contribution in [0.4, 0.5) is 0 Å². The van der Waals surface area contributed by atoms with Gasteiger partial charge < -0.3 is 10.8 Å². The van der Waals surface area contributed by atoms with Crippen LogP contribution in [0.25, 0.3) is 0 Å². The predicted octanol–water partition coefficient (Wildman–Crippen LogP) is 2.91. The number of hydrogen-bond acceptors (Lipinski definition) is 3. The molecule has 3 N–H and O–H groups in total. The Morgan fingerprint density at radius 3 is 2.19 bits per heavy atom. The van der Waals surface area contributed by atoms with E-state index < -0.39 is 17.8 Å². The lowest BCUT2D eigenvalue weighted by Gasteiger charge is -2.15. The van der Waals surface area contributed by atoms with Gasteiger partial charge in [0.1, 0.15) is 5.78 Å². The molecule has 0 fully saturated rings. The van der Waals surface area contributed by atoms with Crippen LogP contribution in [0, 0.1) is 11.8 Å². The first-order valence-electron chi connectivity index (χ1n) is 7.93. The highest BCUT2D eigenvalue weighted by molar-refractivity contribution is 5.84. The number of primary amides is 1. The average molecular weight is 299 g/mol. The molecule has 0 spiro atoms. The van der Waals surface area contributed by atoms with Gasteiger partial charge in [-0.25, -0.2) is 0 Å². The summed E-state index contributed by atoms with van der Waals surface area (Å²) in [4.78, 5) is 33.7. The summed E-state index contributed by atoms with van der Waals surface area (Å²) in [5.74, 6) is -1.83. The van der Waals surface area contributed by atoms with E-state index in [4.69, 9.17) is 10.8 Å². The zero-order valence-electron chi connectivity index (χ0n) is 13.3. The Morgan fingerprint density at radius 2 is 1.71 bits per heavy atom. The number of rotatable bonds is 13. The van der Waals surface area contributed by atoms with Crippen molar-refractivity contribution in [2.24, 2.45) is 17.6 Å². The Balaban J connectivity index is 4.18. The molecule has 0 aromatic rings. The number of hydrogen-bond donors (Lipinski definition) is 2. The van der Waals surface area contributed by atoms with Crippen molar-refractivity contribution in [2.75, 3.05) is 0 Å². The lowest BCUT2D eigenvalue weighted by molar-refractivity contribution is -0.144. The lowest BCUT2D eigenvalue weighted by Crippen LogP contribution is -2.21. The summed E-state index contributed by atoms with van der Waals surface area (Å²) in [6, 6.07) is 0. The third-order valence-corrected chi connectivity index (χ3v) is 3.94. The van der Waals surface area contributed by atoms with E-state index in [1.807, 2.05) is 0 Å². The fourth-order valence-corrected chi connectivity index (χ4v) is 2.42. The first kappa shape index (κ1) is 19.6. The molecule has 0 bridgehead atoms. The van der Waals surface area contributed by atoms with Crippen molar-refractivity contribution in [3.8, 4) is 0 Å². The molecule has 5 nitrogen and oxygen atoms in total. The summed E-state index contributed by atoms with van der Waals surface area (Å²) in [5.41, 5.74) is 5.02. The number of Topliss-reactive ketones (excluding diaryl/α,β-unsaturated/α-hetero) is 1. The minimum atomic E-state index is -1.03. The number of carbonyl (C=O) groups excluding carboxylic acids is 2. The topological polar surface area (TPSA) is 97.5 Å². The highest BCUT2D eigenvalue weighted by atomic mass is 16.4. The van der Waals surface area contributed by atoms with Crippen LogP contribution in [0.2, 0.25) is 0 Å². The number of amides is 1. The highest BCUT2D eigenvalue weighted by Gasteiger charge is 2.22. The molecule has 0 radical (unpaired) electrons. The van der Waals surface area contributed by atoms with Gasteiger partial charge in [-0.1, -0.05) is 39.5 Å². The Hall–Kier alpha value is -1.39. The van der Waals surface area contributed by atoms with Crippen LogP contribution in [-0.2, 0) is 14.4 Å². The minimum absolute atomic E-state index is 0.00677. The van der Waals surface area contributed by atoms with Crippen molar-refractivity contribution in [1.29, 1.82) is 0 Å². The quantitative estimate of drug-likeness (QED) is 0.546. The molecule has 2 atom stereocenters. The molecule has 0 saturated heterocycles. The van der Waals surface area contributed by atoms with Crippen LogP contribution < -0.4 is 5.73 Å². The van der Waals surface area contributed by atoms with E-state index in [1.54, 1.807) is 0 Å². The number of nitrogens with two attached hydrogens (primary N) is 1. The van der Waals surface area contributed by atoms with Gasteiger partial charge in [0.2, 0.25) is 5.91 Å². The summed E-state index contributed by atoms with van der Waals surface area (Å²) >= 11 is 0. The monoisotopic (exact) mass is 299 g/mol. The second-order valence-electron chi connectivity index (χ2n) is 5.74. The maximum atomic E-state index is 11.9. The maximum absolute atomic E-state index is 11.9. The van der Waals surface area contributed by atoms with Gasteiger partial charge in [-0.15, -0.1) is 0 Å². The average Bonchev–Trinajstić information content (AvgIpc) is 2.43. The second kappa shape index (κ2) is 11.3. The summed E-state index contributed by atoms with van der Waals surface area (Å²) in [5, 5.41) is 9.07. The van der Waals surface area contributed by atoms with Crippen LogP contribution in [-0.4, -0.2) is 22.8 Å². The molecule has 122 valence electrons. The second-order valence-corrected chi connectivity index (χ2v) is 5.74. The van der Waals surface area contributed by atoms with Crippen molar-refractivity contribution in [2.45, 2.75) is 71.6 Å². The van der Waals surface area contributed by atoms with E-state index in [2.05, 4.69) is 13.8 Å². The molecule has 21 heavy (non-hydrogen) atoms. The van der Waals surface area contributed by atoms with Crippen molar-refractivity contribution in [3.63, 3.8) is 0 Å². The largest absolute Gasteiger partial charge is 0.481 e. The van der Waals surface area contributed by atoms with Crippen LogP contribution in [0.3, 0.4) is 0 Å². The Morgan fingerprint density at radius 1 is 1.05 bits per heavy atom. The molecule has 0 rings (SSSR count). The molecule has 0 aliphatic carbocycles. The number of unbranched alkanes of at least 4 members (excludes halogenated alkanes) is 1. The fraction of sp³-hybridized carbons (Fsp3) is 0.812. The number of carboxylic acids is 1. The van der Waals surface area contributed by atoms with E-state index in [0.717, 1.165) is 25.7 Å². The van der Waals surface area contributed by atoms with Gasteiger partial charge in [0, 0.05) is 19.3 Å². The van der Waals surface area contributed by atoms with E-state index in [9.17, 15) is 14.4 Å². The van der Waals surface area contributed by atoms with E-state index >= 15 is 0 Å². The molecular weight excluding hydrogens is 270 g/mol. The molecule has 0 saturated carbocycles. The lowest BCUT2D eigenvalue weighted by atomic mass is 9.90. The number of carboxylic acid groups (broad SMARTS) is 1. The first-order valence-corrected chi connectivity index (χ1v) is 7.93. The summed E-state index contributed by atoms with van der Waals surface area (Å²) in [6.45, 7) is 4.27. The third kappa shape index (κ3) is 10.0. The van der Waals surface area contributed by atoms with E-state index in [-0.39, 0.29) is 25.0 Å². The molecule has 0 heterocycles. The van der Waals surface area contributed by atoms with E-state index in [0.29, 0.717) is 12.3 Å². The summed E-state index contributed by atoms with van der Waals surface area (Å²) in [7, 11) is 0. The van der Waals surface area contributed by atoms with Gasteiger partial charge in [-0.3, -0.25) is 14.4 Å². The molecule has 1 unspecified atom stereocenters. The van der Waals surface area contributed by atoms with E-state index in [1.165, 1.54) is 6.42 Å². The Bertz CT molecular complexity index is 341.